The average Bonchev–Trinajstić information content (AvgIpc) is 2.65. The van der Waals surface area contributed by atoms with E-state index in [4.69, 9.17) is 4.74 Å². The van der Waals surface area contributed by atoms with Crippen LogP contribution < -0.4 is 0 Å². The van der Waals surface area contributed by atoms with Crippen molar-refractivity contribution in [1.82, 2.24) is 0 Å². The molecule has 0 aromatic heterocycles. The largest absolute Gasteiger partial charge is 0.389 e. The van der Waals surface area contributed by atoms with Gasteiger partial charge in [-0.3, -0.25) is 0 Å². The van der Waals surface area contributed by atoms with Crippen molar-refractivity contribution in [2.45, 2.75) is 48.4 Å². The summed E-state index contributed by atoms with van der Waals surface area (Å²) in [6.07, 6.45) is 3.04. The van der Waals surface area contributed by atoms with Crippen LogP contribution in [0, 0.1) is 0 Å². The zero-order valence-electron chi connectivity index (χ0n) is 10.1. The van der Waals surface area contributed by atoms with Crippen LogP contribution in [0.1, 0.15) is 37.9 Å². The number of hydrogen-bond acceptors (Lipinski definition) is 2. The van der Waals surface area contributed by atoms with Gasteiger partial charge in [0.15, 0.2) is 0 Å². The van der Waals surface area contributed by atoms with Crippen molar-refractivity contribution in [3.63, 3.8) is 0 Å². The minimum Gasteiger partial charge on any atom is -0.389 e. The second-order valence-electron chi connectivity index (χ2n) is 4.58. The van der Waals surface area contributed by atoms with E-state index in [-0.39, 0.29) is 22.2 Å². The van der Waals surface area contributed by atoms with Crippen molar-refractivity contribution in [3.8, 4) is 0 Å². The highest BCUT2D eigenvalue weighted by Gasteiger charge is 2.42. The molecule has 0 radical (unpaired) electrons. The van der Waals surface area contributed by atoms with Gasteiger partial charge in [0.1, 0.15) is 6.10 Å². The Morgan fingerprint density at radius 3 is 2.65 bits per heavy atom. The van der Waals surface area contributed by atoms with E-state index in [0.29, 0.717) is 0 Å². The van der Waals surface area contributed by atoms with Crippen LogP contribution in [-0.2, 0) is 4.74 Å². The molecule has 0 aliphatic carbocycles. The molecule has 1 N–H and O–H groups in total. The number of aliphatic hydroxyl groups is 1. The molecule has 3 heteroatoms. The van der Waals surface area contributed by atoms with Gasteiger partial charge in [-0.15, -0.1) is 0 Å². The molecule has 17 heavy (non-hydrogen) atoms. The minimum atomic E-state index is -0.389. The molecular formula is C14H19IO2. The molecule has 1 saturated heterocycles. The smallest absolute Gasteiger partial charge is 0.110 e. The highest BCUT2D eigenvalue weighted by atomic mass is 127. The van der Waals surface area contributed by atoms with Crippen LogP contribution in [0.3, 0.4) is 0 Å². The normalized spacial score (nSPS) is 32.9. The lowest BCUT2D eigenvalue weighted by atomic mass is 10.0. The number of aliphatic hydroxyl groups excluding tert-OH is 1. The summed E-state index contributed by atoms with van der Waals surface area (Å²) in [4.78, 5) is 0. The lowest BCUT2D eigenvalue weighted by molar-refractivity contribution is 0.00583. The van der Waals surface area contributed by atoms with Crippen molar-refractivity contribution in [2.75, 3.05) is 0 Å². The predicted molar refractivity (Wildman–Crippen MR) is 77.4 cm³/mol. The number of unbranched alkanes of at least 4 members (excludes halogenated alkanes) is 1. The zero-order chi connectivity index (χ0) is 12.3. The monoisotopic (exact) mass is 346 g/mol. The Morgan fingerprint density at radius 1 is 1.29 bits per heavy atom. The summed E-state index contributed by atoms with van der Waals surface area (Å²) in [7, 11) is 0. The topological polar surface area (TPSA) is 29.5 Å². The highest BCUT2D eigenvalue weighted by molar-refractivity contribution is 14.1. The molecule has 4 atom stereocenters. The molecule has 94 valence electrons. The summed E-state index contributed by atoms with van der Waals surface area (Å²) in [5.41, 5.74) is 1.08. The molecule has 1 heterocycles. The third-order valence-corrected chi connectivity index (χ3v) is 4.82. The van der Waals surface area contributed by atoms with Crippen LogP contribution in [-0.4, -0.2) is 21.2 Å². The summed E-state index contributed by atoms with van der Waals surface area (Å²) >= 11 is 2.33. The van der Waals surface area contributed by atoms with Gasteiger partial charge < -0.3 is 9.84 Å². The van der Waals surface area contributed by atoms with Crippen LogP contribution in [0.2, 0.25) is 0 Å². The fourth-order valence-corrected chi connectivity index (χ4v) is 3.19. The third-order valence-electron chi connectivity index (χ3n) is 3.28. The molecule has 0 saturated carbocycles. The van der Waals surface area contributed by atoms with Crippen LogP contribution >= 0.6 is 22.6 Å². The van der Waals surface area contributed by atoms with Crippen LogP contribution in [0.25, 0.3) is 0 Å². The van der Waals surface area contributed by atoms with E-state index in [2.05, 4.69) is 29.5 Å². The first-order valence-electron chi connectivity index (χ1n) is 6.26. The number of alkyl halides is 1. The van der Waals surface area contributed by atoms with Gasteiger partial charge in [0, 0.05) is 0 Å². The molecule has 2 nitrogen and oxygen atoms in total. The Bertz CT molecular complexity index is 341. The maximum Gasteiger partial charge on any atom is 0.110 e. The number of rotatable bonds is 4. The SMILES string of the molecule is CCCC[C@@H]1O[C@@H](c2ccccc2)[C@H](O)[C@@H]1I. The molecule has 2 rings (SSSR count). The summed E-state index contributed by atoms with van der Waals surface area (Å²) < 4.78 is 6.22. The van der Waals surface area contributed by atoms with E-state index in [1.54, 1.807) is 0 Å². The minimum absolute atomic E-state index is 0.153. The molecule has 0 amide bonds. The molecule has 0 bridgehead atoms. The molecule has 1 fully saturated rings. The number of halogens is 1. The number of hydrogen-bond donors (Lipinski definition) is 1. The Morgan fingerprint density at radius 2 is 2.00 bits per heavy atom. The van der Waals surface area contributed by atoms with Crippen LogP contribution in [0.5, 0.6) is 0 Å². The summed E-state index contributed by atoms with van der Waals surface area (Å²) in [6.45, 7) is 2.18. The maximum absolute atomic E-state index is 10.2. The van der Waals surface area contributed by atoms with Gasteiger partial charge in [0.25, 0.3) is 0 Å². The number of benzene rings is 1. The molecule has 0 unspecified atom stereocenters. The van der Waals surface area contributed by atoms with Crippen molar-refractivity contribution in [3.05, 3.63) is 35.9 Å². The van der Waals surface area contributed by atoms with Gasteiger partial charge in [-0.1, -0.05) is 72.7 Å². The first kappa shape index (κ1) is 13.3. The third kappa shape index (κ3) is 3.01. The van der Waals surface area contributed by atoms with E-state index in [1.807, 2.05) is 30.3 Å². The van der Waals surface area contributed by atoms with E-state index >= 15 is 0 Å². The molecular weight excluding hydrogens is 327 g/mol. The molecule has 1 aromatic rings. The quantitative estimate of drug-likeness (QED) is 0.668. The maximum atomic E-state index is 10.2. The van der Waals surface area contributed by atoms with E-state index < -0.39 is 0 Å². The van der Waals surface area contributed by atoms with Crippen molar-refractivity contribution in [1.29, 1.82) is 0 Å². The Hall–Kier alpha value is -0.130. The first-order valence-corrected chi connectivity index (χ1v) is 7.51. The Kier molecular flexibility index (Phi) is 4.82. The molecule has 1 aliphatic rings. The fourth-order valence-electron chi connectivity index (χ4n) is 2.28. The lowest BCUT2D eigenvalue weighted by Gasteiger charge is -2.14. The summed E-state index contributed by atoms with van der Waals surface area (Å²) in [5, 5.41) is 10.2. The van der Waals surface area contributed by atoms with Gasteiger partial charge in [-0.05, 0) is 12.0 Å². The van der Waals surface area contributed by atoms with E-state index in [9.17, 15) is 5.11 Å². The van der Waals surface area contributed by atoms with Gasteiger partial charge in [0.05, 0.1) is 16.1 Å². The fraction of sp³-hybridized carbons (Fsp3) is 0.571. The molecule has 1 aromatic carbocycles. The number of ether oxygens (including phenoxy) is 1. The Balaban J connectivity index is 2.06. The second-order valence-corrected chi connectivity index (χ2v) is 6.02. The van der Waals surface area contributed by atoms with Crippen LogP contribution in [0.4, 0.5) is 0 Å². The van der Waals surface area contributed by atoms with Crippen molar-refractivity contribution in [2.24, 2.45) is 0 Å². The summed E-state index contributed by atoms with van der Waals surface area (Å²) in [6, 6.07) is 10.0. The zero-order valence-corrected chi connectivity index (χ0v) is 12.2. The van der Waals surface area contributed by atoms with Gasteiger partial charge in [-0.2, -0.15) is 0 Å². The lowest BCUT2D eigenvalue weighted by Crippen LogP contribution is -2.24. The molecule has 1 aliphatic heterocycles. The average molecular weight is 346 g/mol. The van der Waals surface area contributed by atoms with Crippen LogP contribution in [0.15, 0.2) is 30.3 Å². The predicted octanol–water partition coefficient (Wildman–Crippen LogP) is 3.48. The van der Waals surface area contributed by atoms with Crippen molar-refractivity contribution >= 4 is 22.6 Å². The van der Waals surface area contributed by atoms with E-state index in [1.165, 1.54) is 12.8 Å². The van der Waals surface area contributed by atoms with Gasteiger partial charge in [-0.25, -0.2) is 0 Å². The van der Waals surface area contributed by atoms with Crippen molar-refractivity contribution < 1.29 is 9.84 Å². The van der Waals surface area contributed by atoms with Gasteiger partial charge in [0.2, 0.25) is 0 Å². The standard InChI is InChI=1S/C14H19IO2/c1-2-3-9-11-12(15)13(16)14(17-11)10-7-5-4-6-8-10/h4-8,11-14,16H,2-3,9H2,1H3/t11-,12+,13+,14-/m0/s1. The van der Waals surface area contributed by atoms with Gasteiger partial charge >= 0.3 is 0 Å². The highest BCUT2D eigenvalue weighted by Crippen LogP contribution is 2.39. The first-order chi connectivity index (χ1) is 8.24. The summed E-state index contributed by atoms with van der Waals surface area (Å²) in [5.74, 6) is 0. The Labute approximate surface area is 117 Å². The molecule has 0 spiro atoms. The second kappa shape index (κ2) is 6.16. The van der Waals surface area contributed by atoms with E-state index in [0.717, 1.165) is 12.0 Å².